The molecule has 0 radical (unpaired) electrons. The Bertz CT molecular complexity index is 242. The van der Waals surface area contributed by atoms with Crippen LogP contribution in [0.3, 0.4) is 0 Å². The van der Waals surface area contributed by atoms with E-state index < -0.39 is 10.0 Å². The van der Waals surface area contributed by atoms with Crippen LogP contribution in [0.25, 0.3) is 0 Å². The second kappa shape index (κ2) is 8.38. The van der Waals surface area contributed by atoms with E-state index in [1.807, 2.05) is 20.2 Å². The van der Waals surface area contributed by atoms with Gasteiger partial charge in [0.1, 0.15) is 0 Å². The highest BCUT2D eigenvalue weighted by Crippen LogP contribution is 2.03. The van der Waals surface area contributed by atoms with Crippen molar-refractivity contribution in [2.24, 2.45) is 0 Å². The lowest BCUT2D eigenvalue weighted by Crippen LogP contribution is -2.38. The molecule has 0 rings (SSSR count). The zero-order valence-electron chi connectivity index (χ0n) is 9.75. The van der Waals surface area contributed by atoms with Crippen LogP contribution >= 0.6 is 11.8 Å². The lowest BCUT2D eigenvalue weighted by Gasteiger charge is -2.15. The van der Waals surface area contributed by atoms with Crippen molar-refractivity contribution in [3.05, 3.63) is 0 Å². The lowest BCUT2D eigenvalue weighted by molar-refractivity contribution is 0.555. The van der Waals surface area contributed by atoms with Crippen molar-refractivity contribution in [3.8, 4) is 0 Å². The summed E-state index contributed by atoms with van der Waals surface area (Å²) in [5.74, 6) is 1.04. The molecule has 0 aliphatic rings. The largest absolute Gasteiger partial charge is 0.320 e. The molecule has 0 aromatic carbocycles. The van der Waals surface area contributed by atoms with Crippen LogP contribution < -0.4 is 10.0 Å². The highest BCUT2D eigenvalue weighted by molar-refractivity contribution is 7.98. The highest BCUT2D eigenvalue weighted by atomic mass is 32.2. The van der Waals surface area contributed by atoms with Crippen LogP contribution in [0.1, 0.15) is 19.8 Å². The maximum atomic E-state index is 11.6. The molecule has 0 aromatic heterocycles. The molecule has 0 amide bonds. The van der Waals surface area contributed by atoms with Crippen LogP contribution in [0, 0.1) is 0 Å². The average Bonchev–Trinajstić information content (AvgIpc) is 2.17. The molecular formula is C9H22N2O2S2. The number of hydrogen-bond donors (Lipinski definition) is 2. The maximum absolute atomic E-state index is 11.6. The van der Waals surface area contributed by atoms with Gasteiger partial charge in [0.25, 0.3) is 0 Å². The number of rotatable bonds is 9. The number of nitrogens with one attached hydrogen (secondary N) is 2. The fraction of sp³-hybridized carbons (Fsp3) is 1.00. The van der Waals surface area contributed by atoms with Gasteiger partial charge in [-0.15, -0.1) is 0 Å². The average molecular weight is 254 g/mol. The van der Waals surface area contributed by atoms with Gasteiger partial charge in [-0.3, -0.25) is 0 Å². The zero-order valence-corrected chi connectivity index (χ0v) is 11.4. The van der Waals surface area contributed by atoms with Crippen molar-refractivity contribution in [2.75, 3.05) is 31.4 Å². The molecular weight excluding hydrogens is 232 g/mol. The molecule has 0 aliphatic carbocycles. The molecule has 0 saturated carbocycles. The summed E-state index contributed by atoms with van der Waals surface area (Å²) in [6.45, 7) is 2.73. The molecule has 0 spiro atoms. The molecule has 0 saturated heterocycles. The van der Waals surface area contributed by atoms with Crippen molar-refractivity contribution in [3.63, 3.8) is 0 Å². The summed E-state index contributed by atoms with van der Waals surface area (Å²) in [7, 11) is -1.27. The van der Waals surface area contributed by atoms with Gasteiger partial charge < -0.3 is 5.32 Å². The molecule has 0 heterocycles. The monoisotopic (exact) mass is 254 g/mol. The van der Waals surface area contributed by atoms with Gasteiger partial charge in [-0.2, -0.15) is 11.8 Å². The minimum absolute atomic E-state index is 0.0691. The van der Waals surface area contributed by atoms with Gasteiger partial charge in [0.2, 0.25) is 10.0 Å². The van der Waals surface area contributed by atoms with Gasteiger partial charge in [-0.1, -0.05) is 6.92 Å². The molecule has 2 N–H and O–H groups in total. The topological polar surface area (TPSA) is 58.2 Å². The summed E-state index contributed by atoms with van der Waals surface area (Å²) in [5, 5.41) is 2.94. The third kappa shape index (κ3) is 8.07. The molecule has 0 fully saturated rings. The van der Waals surface area contributed by atoms with Crippen molar-refractivity contribution < 1.29 is 8.42 Å². The molecule has 0 bridgehead atoms. The molecule has 15 heavy (non-hydrogen) atoms. The van der Waals surface area contributed by atoms with E-state index in [0.717, 1.165) is 18.7 Å². The van der Waals surface area contributed by atoms with Gasteiger partial charge in [-0.05, 0) is 32.7 Å². The fourth-order valence-electron chi connectivity index (χ4n) is 1.19. The van der Waals surface area contributed by atoms with E-state index in [9.17, 15) is 8.42 Å². The Morgan fingerprint density at radius 1 is 1.40 bits per heavy atom. The first-order chi connectivity index (χ1) is 7.05. The van der Waals surface area contributed by atoms with Gasteiger partial charge in [0.05, 0.1) is 5.75 Å². The first-order valence-electron chi connectivity index (χ1n) is 5.19. The summed E-state index contributed by atoms with van der Waals surface area (Å²) >= 11 is 1.66. The second-order valence-corrected chi connectivity index (χ2v) is 6.24. The fourth-order valence-corrected chi connectivity index (χ4v) is 3.42. The van der Waals surface area contributed by atoms with E-state index >= 15 is 0 Å². The highest BCUT2D eigenvalue weighted by Gasteiger charge is 2.15. The van der Waals surface area contributed by atoms with Crippen LogP contribution in [0.2, 0.25) is 0 Å². The summed E-state index contributed by atoms with van der Waals surface area (Å²) in [6, 6.07) is 0.0691. The van der Waals surface area contributed by atoms with Crippen LogP contribution in [0.15, 0.2) is 0 Å². The van der Waals surface area contributed by atoms with Gasteiger partial charge in [0.15, 0.2) is 0 Å². The quantitative estimate of drug-likeness (QED) is 0.593. The van der Waals surface area contributed by atoms with Gasteiger partial charge in [0, 0.05) is 11.8 Å². The Labute approximate surface area is 97.6 Å². The smallest absolute Gasteiger partial charge is 0.211 e. The third-order valence-corrected chi connectivity index (χ3v) is 4.30. The Kier molecular flexibility index (Phi) is 8.50. The normalized spacial score (nSPS) is 14.1. The summed E-state index contributed by atoms with van der Waals surface area (Å²) in [5.41, 5.74) is 0. The minimum Gasteiger partial charge on any atom is -0.320 e. The number of hydrogen-bond acceptors (Lipinski definition) is 4. The van der Waals surface area contributed by atoms with E-state index in [0.29, 0.717) is 6.42 Å². The van der Waals surface area contributed by atoms with E-state index in [1.165, 1.54) is 0 Å². The predicted octanol–water partition coefficient (Wildman–Crippen LogP) is 0.657. The van der Waals surface area contributed by atoms with E-state index in [1.54, 1.807) is 11.8 Å². The second-order valence-electron chi connectivity index (χ2n) is 3.45. The lowest BCUT2D eigenvalue weighted by atomic mass is 10.3. The molecule has 6 heteroatoms. The molecule has 4 nitrogen and oxygen atoms in total. The van der Waals surface area contributed by atoms with E-state index in [-0.39, 0.29) is 11.8 Å². The zero-order chi connectivity index (χ0) is 11.7. The Balaban J connectivity index is 3.99. The molecule has 0 aliphatic heterocycles. The van der Waals surface area contributed by atoms with Crippen molar-refractivity contribution in [1.29, 1.82) is 0 Å². The predicted molar refractivity (Wildman–Crippen MR) is 67.9 cm³/mol. The Hall–Kier alpha value is 0.220. The SMILES string of the molecule is CCC(CSC)NS(=O)(=O)CCCNC. The molecule has 1 unspecified atom stereocenters. The van der Waals surface area contributed by atoms with Crippen molar-refractivity contribution >= 4 is 21.8 Å². The van der Waals surface area contributed by atoms with Gasteiger partial charge >= 0.3 is 0 Å². The number of sulfonamides is 1. The Morgan fingerprint density at radius 3 is 2.53 bits per heavy atom. The van der Waals surface area contributed by atoms with E-state index in [4.69, 9.17) is 0 Å². The summed E-state index contributed by atoms with van der Waals surface area (Å²) < 4.78 is 25.9. The van der Waals surface area contributed by atoms with Gasteiger partial charge in [-0.25, -0.2) is 13.1 Å². The molecule has 0 aromatic rings. The van der Waals surface area contributed by atoms with Crippen molar-refractivity contribution in [2.45, 2.75) is 25.8 Å². The third-order valence-electron chi connectivity index (χ3n) is 2.05. The molecule has 92 valence electrons. The van der Waals surface area contributed by atoms with Crippen LogP contribution in [0.5, 0.6) is 0 Å². The Morgan fingerprint density at radius 2 is 2.07 bits per heavy atom. The van der Waals surface area contributed by atoms with Crippen LogP contribution in [-0.2, 0) is 10.0 Å². The molecule has 1 atom stereocenters. The maximum Gasteiger partial charge on any atom is 0.211 e. The number of thioether (sulfide) groups is 1. The first kappa shape index (κ1) is 15.2. The van der Waals surface area contributed by atoms with E-state index in [2.05, 4.69) is 10.0 Å². The standard InChI is InChI=1S/C9H22N2O2S2/c1-4-9(8-14-3)11-15(12,13)7-5-6-10-2/h9-11H,4-8H2,1-3H3. The summed E-state index contributed by atoms with van der Waals surface area (Å²) in [6.07, 6.45) is 3.48. The van der Waals surface area contributed by atoms with Crippen LogP contribution in [0.4, 0.5) is 0 Å². The minimum atomic E-state index is -3.09. The van der Waals surface area contributed by atoms with Crippen LogP contribution in [-0.4, -0.2) is 45.8 Å². The first-order valence-corrected chi connectivity index (χ1v) is 8.24. The summed E-state index contributed by atoms with van der Waals surface area (Å²) in [4.78, 5) is 0. The van der Waals surface area contributed by atoms with Crippen molar-refractivity contribution in [1.82, 2.24) is 10.0 Å².